The van der Waals surface area contributed by atoms with E-state index in [4.69, 9.17) is 9.97 Å². The lowest BCUT2D eigenvalue weighted by molar-refractivity contribution is 0.406. The topological polar surface area (TPSA) is 51.8 Å². The van der Waals surface area contributed by atoms with Gasteiger partial charge in [0, 0.05) is 0 Å². The molecule has 1 aromatic carbocycles. The Hall–Kier alpha value is -2.00. The summed E-state index contributed by atoms with van der Waals surface area (Å²) in [5.74, 6) is 0. The largest absolute Gasteiger partial charge is 0.333 e. The van der Waals surface area contributed by atoms with E-state index >= 15 is 0 Å². The lowest BCUT2D eigenvalue weighted by atomic mass is 9.86. The molecule has 0 bridgehead atoms. The van der Waals surface area contributed by atoms with Crippen molar-refractivity contribution in [2.45, 2.75) is 81.6 Å². The second kappa shape index (κ2) is 12.6. The molecule has 0 fully saturated rings. The normalized spacial score (nSPS) is 11.9. The monoisotopic (exact) mass is 411 g/mol. The molecule has 0 spiro atoms. The third kappa shape index (κ3) is 9.67. The zero-order chi connectivity index (χ0) is 23.5. The Balaban J connectivity index is 0.00000198. The lowest BCUT2D eigenvalue weighted by Gasteiger charge is -2.20. The summed E-state index contributed by atoms with van der Waals surface area (Å²) in [6, 6.07) is 6.44. The molecular formula is C27H45N3. The highest BCUT2D eigenvalue weighted by molar-refractivity contribution is 5.78. The maximum Gasteiger partial charge on any atom is 0.0897 e. The first-order chi connectivity index (χ1) is 14.0. The number of hydrogen-bond acceptors (Lipinski definition) is 3. The van der Waals surface area contributed by atoms with Crippen LogP contribution in [0.15, 0.2) is 30.4 Å². The van der Waals surface area contributed by atoms with Gasteiger partial charge in [-0.05, 0) is 67.0 Å². The van der Waals surface area contributed by atoms with E-state index in [9.17, 15) is 0 Å². The Morgan fingerprint density at radius 1 is 0.933 bits per heavy atom. The molecular weight excluding hydrogens is 366 g/mol. The standard InChI is InChI=1S/C24H34N2.C2H6.CH5N/c1-9-17(15-23(3,4)5)13-21-19(10-2)25-20-12-11-18(14-22(20)26-21)16-24(6,7)8;2*1-2/h10-14H,2,9,15-16H2,1,3-8H3;1-2H3;2H2,1H3/b17-13+;;. The zero-order valence-corrected chi connectivity index (χ0v) is 21.2. The molecule has 0 aliphatic heterocycles. The minimum Gasteiger partial charge on any atom is -0.333 e. The van der Waals surface area contributed by atoms with Crippen LogP contribution in [0.2, 0.25) is 0 Å². The van der Waals surface area contributed by atoms with Gasteiger partial charge in [0.15, 0.2) is 0 Å². The van der Waals surface area contributed by atoms with Crippen molar-refractivity contribution >= 4 is 23.2 Å². The lowest BCUT2D eigenvalue weighted by Crippen LogP contribution is -2.09. The maximum atomic E-state index is 4.94. The van der Waals surface area contributed by atoms with Crippen LogP contribution < -0.4 is 5.73 Å². The van der Waals surface area contributed by atoms with Crippen LogP contribution in [0.1, 0.15) is 92.1 Å². The summed E-state index contributed by atoms with van der Waals surface area (Å²) in [6.45, 7) is 23.8. The number of hydrogen-bond donors (Lipinski definition) is 1. The van der Waals surface area contributed by atoms with Gasteiger partial charge in [-0.3, -0.25) is 0 Å². The fourth-order valence-corrected chi connectivity index (χ4v) is 3.26. The molecule has 30 heavy (non-hydrogen) atoms. The van der Waals surface area contributed by atoms with Crippen molar-refractivity contribution in [1.29, 1.82) is 0 Å². The van der Waals surface area contributed by atoms with E-state index in [1.165, 1.54) is 18.2 Å². The van der Waals surface area contributed by atoms with Crippen LogP contribution in [-0.2, 0) is 6.42 Å². The third-order valence-corrected chi connectivity index (χ3v) is 4.26. The molecule has 0 radical (unpaired) electrons. The molecule has 2 rings (SSSR count). The fraction of sp³-hybridized carbons (Fsp3) is 0.556. The fourth-order valence-electron chi connectivity index (χ4n) is 3.26. The molecule has 0 saturated heterocycles. The summed E-state index contributed by atoms with van der Waals surface area (Å²) in [7, 11) is 1.50. The van der Waals surface area contributed by atoms with Gasteiger partial charge in [0.25, 0.3) is 0 Å². The highest BCUT2D eigenvalue weighted by Gasteiger charge is 2.15. The van der Waals surface area contributed by atoms with Crippen molar-refractivity contribution in [3.8, 4) is 0 Å². The average molecular weight is 412 g/mol. The van der Waals surface area contributed by atoms with Gasteiger partial charge in [-0.15, -0.1) is 0 Å². The average Bonchev–Trinajstić information content (AvgIpc) is 2.67. The molecule has 0 saturated carbocycles. The molecule has 1 heterocycles. The van der Waals surface area contributed by atoms with Crippen LogP contribution in [0.3, 0.4) is 0 Å². The van der Waals surface area contributed by atoms with Gasteiger partial charge in [-0.1, -0.05) is 80.5 Å². The first kappa shape index (κ1) is 28.0. The predicted molar refractivity (Wildman–Crippen MR) is 137 cm³/mol. The summed E-state index contributed by atoms with van der Waals surface area (Å²) in [6.07, 6.45) is 7.14. The second-order valence-electron chi connectivity index (χ2n) is 9.65. The molecule has 0 unspecified atom stereocenters. The number of aromatic nitrogens is 2. The highest BCUT2D eigenvalue weighted by Crippen LogP contribution is 2.28. The molecule has 0 amide bonds. The minimum absolute atomic E-state index is 0.257. The number of allylic oxidation sites excluding steroid dienone is 1. The van der Waals surface area contributed by atoms with Crippen LogP contribution in [0.4, 0.5) is 0 Å². The van der Waals surface area contributed by atoms with E-state index < -0.39 is 0 Å². The summed E-state index contributed by atoms with van der Waals surface area (Å²) in [5.41, 5.74) is 11.4. The molecule has 1 aromatic heterocycles. The Kier molecular flexibility index (Phi) is 11.8. The van der Waals surface area contributed by atoms with Crippen LogP contribution in [0, 0.1) is 10.8 Å². The molecule has 0 aliphatic carbocycles. The quantitative estimate of drug-likeness (QED) is 0.548. The minimum atomic E-state index is 0.257. The van der Waals surface area contributed by atoms with E-state index in [0.717, 1.165) is 41.7 Å². The summed E-state index contributed by atoms with van der Waals surface area (Å²) in [4.78, 5) is 9.73. The Bertz CT molecular complexity index is 818. The van der Waals surface area contributed by atoms with Crippen molar-refractivity contribution in [3.63, 3.8) is 0 Å². The van der Waals surface area contributed by atoms with E-state index in [2.05, 4.69) is 85.1 Å². The number of nitrogens with zero attached hydrogens (tertiary/aromatic N) is 2. The van der Waals surface area contributed by atoms with Crippen molar-refractivity contribution in [1.82, 2.24) is 9.97 Å². The number of nitrogens with two attached hydrogens (primary N) is 1. The van der Waals surface area contributed by atoms with Gasteiger partial charge in [0.1, 0.15) is 0 Å². The summed E-state index contributed by atoms with van der Waals surface area (Å²) < 4.78 is 0. The molecule has 0 aliphatic rings. The van der Waals surface area contributed by atoms with Crippen LogP contribution in [-0.4, -0.2) is 17.0 Å². The van der Waals surface area contributed by atoms with Gasteiger partial charge in [-0.2, -0.15) is 0 Å². The van der Waals surface area contributed by atoms with Crippen molar-refractivity contribution < 1.29 is 0 Å². The van der Waals surface area contributed by atoms with E-state index in [1.807, 2.05) is 19.9 Å². The zero-order valence-electron chi connectivity index (χ0n) is 21.2. The van der Waals surface area contributed by atoms with Gasteiger partial charge in [0.2, 0.25) is 0 Å². The van der Waals surface area contributed by atoms with Gasteiger partial charge in [-0.25, -0.2) is 9.97 Å². The summed E-state index contributed by atoms with van der Waals surface area (Å²) >= 11 is 0. The smallest absolute Gasteiger partial charge is 0.0897 e. The third-order valence-electron chi connectivity index (χ3n) is 4.26. The first-order valence-electron chi connectivity index (χ1n) is 11.2. The number of fused-ring (bicyclic) bond motifs is 1. The molecule has 2 N–H and O–H groups in total. The van der Waals surface area contributed by atoms with Crippen LogP contribution in [0.5, 0.6) is 0 Å². The summed E-state index contributed by atoms with van der Waals surface area (Å²) in [5, 5.41) is 0. The maximum absolute atomic E-state index is 4.94. The molecule has 0 atom stereocenters. The molecule has 3 nitrogen and oxygen atoms in total. The van der Waals surface area contributed by atoms with Crippen LogP contribution >= 0.6 is 0 Å². The van der Waals surface area contributed by atoms with Crippen LogP contribution in [0.25, 0.3) is 23.2 Å². The SMILES string of the molecule is C=Cc1nc2ccc(CC(C)(C)C)cc2nc1/C=C(\CC)CC(C)(C)C.CC.CN. The molecule has 3 heteroatoms. The first-order valence-corrected chi connectivity index (χ1v) is 11.2. The van der Waals surface area contributed by atoms with E-state index in [-0.39, 0.29) is 10.8 Å². The van der Waals surface area contributed by atoms with E-state index in [1.54, 1.807) is 0 Å². The van der Waals surface area contributed by atoms with Crippen molar-refractivity contribution in [3.05, 3.63) is 47.3 Å². The van der Waals surface area contributed by atoms with Gasteiger partial charge < -0.3 is 5.73 Å². The second-order valence-corrected chi connectivity index (χ2v) is 9.65. The van der Waals surface area contributed by atoms with Crippen molar-refractivity contribution in [2.24, 2.45) is 16.6 Å². The number of rotatable bonds is 5. The van der Waals surface area contributed by atoms with E-state index in [0.29, 0.717) is 0 Å². The van der Waals surface area contributed by atoms with Gasteiger partial charge >= 0.3 is 0 Å². The Morgan fingerprint density at radius 2 is 1.50 bits per heavy atom. The van der Waals surface area contributed by atoms with Crippen molar-refractivity contribution in [2.75, 3.05) is 7.05 Å². The predicted octanol–water partition coefficient (Wildman–Crippen LogP) is 7.69. The highest BCUT2D eigenvalue weighted by atomic mass is 14.8. The molecule has 168 valence electrons. The number of benzene rings is 1. The van der Waals surface area contributed by atoms with Gasteiger partial charge in [0.05, 0.1) is 22.4 Å². The Labute approximate surface area is 185 Å². The Morgan fingerprint density at radius 3 is 1.97 bits per heavy atom. The molecule has 2 aromatic rings.